The Labute approximate surface area is 86.7 Å². The van der Waals surface area contributed by atoms with Gasteiger partial charge in [0.1, 0.15) is 0 Å². The van der Waals surface area contributed by atoms with Crippen LogP contribution in [0, 0.1) is 0 Å². The molecule has 2 N–H and O–H groups in total. The molecule has 0 spiro atoms. The van der Waals surface area contributed by atoms with Crippen molar-refractivity contribution >= 4 is 0 Å². The highest BCUT2D eigenvalue weighted by molar-refractivity contribution is 5.14. The molecule has 0 aliphatic rings. The van der Waals surface area contributed by atoms with E-state index >= 15 is 0 Å². The summed E-state index contributed by atoms with van der Waals surface area (Å²) in [6.45, 7) is 7.12. The van der Waals surface area contributed by atoms with E-state index in [0.717, 1.165) is 19.6 Å². The van der Waals surface area contributed by atoms with Gasteiger partial charge < -0.3 is 5.73 Å². The maximum Gasteiger partial charge on any atom is 0.0236 e. The molecule has 2 heteroatoms. The third-order valence-electron chi connectivity index (χ3n) is 2.60. The minimum absolute atomic E-state index is 0.459. The molecule has 0 radical (unpaired) electrons. The van der Waals surface area contributed by atoms with Crippen LogP contribution in [0.4, 0.5) is 0 Å². The summed E-state index contributed by atoms with van der Waals surface area (Å²) in [4.78, 5) is 2.38. The minimum atomic E-state index is 0.459. The SMILES string of the molecule is CCN(Cc1ccccc1)C(C)CN. The van der Waals surface area contributed by atoms with E-state index in [4.69, 9.17) is 5.73 Å². The van der Waals surface area contributed by atoms with E-state index in [-0.39, 0.29) is 0 Å². The molecule has 0 heterocycles. The highest BCUT2D eigenvalue weighted by Crippen LogP contribution is 2.06. The van der Waals surface area contributed by atoms with Crippen LogP contribution in [-0.2, 0) is 6.54 Å². The van der Waals surface area contributed by atoms with Crippen molar-refractivity contribution in [1.82, 2.24) is 4.90 Å². The van der Waals surface area contributed by atoms with E-state index in [9.17, 15) is 0 Å². The molecule has 1 aromatic rings. The smallest absolute Gasteiger partial charge is 0.0236 e. The van der Waals surface area contributed by atoms with E-state index in [0.29, 0.717) is 6.04 Å². The average Bonchev–Trinajstić information content (AvgIpc) is 2.26. The summed E-state index contributed by atoms with van der Waals surface area (Å²) in [5, 5.41) is 0. The van der Waals surface area contributed by atoms with E-state index in [1.54, 1.807) is 0 Å². The molecule has 0 amide bonds. The Hall–Kier alpha value is -0.860. The summed E-state index contributed by atoms with van der Waals surface area (Å²) in [6, 6.07) is 11.0. The number of rotatable bonds is 5. The third kappa shape index (κ3) is 3.13. The van der Waals surface area contributed by atoms with Gasteiger partial charge in [-0.05, 0) is 19.0 Å². The third-order valence-corrected chi connectivity index (χ3v) is 2.60. The number of hydrogen-bond donors (Lipinski definition) is 1. The average molecular weight is 192 g/mol. The summed E-state index contributed by atoms with van der Waals surface area (Å²) < 4.78 is 0. The lowest BCUT2D eigenvalue weighted by Gasteiger charge is -2.26. The Morgan fingerprint density at radius 3 is 2.43 bits per heavy atom. The van der Waals surface area contributed by atoms with Crippen LogP contribution in [0.2, 0.25) is 0 Å². The molecule has 0 aliphatic heterocycles. The Kier molecular flexibility index (Phi) is 4.63. The standard InChI is InChI=1S/C12H20N2/c1-3-14(11(2)9-13)10-12-7-5-4-6-8-12/h4-8,11H,3,9-10,13H2,1-2H3. The van der Waals surface area contributed by atoms with Crippen LogP contribution in [0.15, 0.2) is 30.3 Å². The van der Waals surface area contributed by atoms with Crippen molar-refractivity contribution < 1.29 is 0 Å². The number of nitrogens with zero attached hydrogens (tertiary/aromatic N) is 1. The zero-order valence-corrected chi connectivity index (χ0v) is 9.11. The Balaban J connectivity index is 2.57. The predicted molar refractivity (Wildman–Crippen MR) is 61.0 cm³/mol. The molecule has 14 heavy (non-hydrogen) atoms. The number of likely N-dealkylation sites (N-methyl/N-ethyl adjacent to an activating group) is 1. The fourth-order valence-electron chi connectivity index (χ4n) is 1.55. The number of benzene rings is 1. The molecule has 1 aromatic carbocycles. The fraction of sp³-hybridized carbons (Fsp3) is 0.500. The first-order valence-electron chi connectivity index (χ1n) is 5.26. The van der Waals surface area contributed by atoms with Crippen molar-refractivity contribution in [1.29, 1.82) is 0 Å². The predicted octanol–water partition coefficient (Wildman–Crippen LogP) is 1.86. The van der Waals surface area contributed by atoms with Gasteiger partial charge in [-0.3, -0.25) is 4.90 Å². The van der Waals surface area contributed by atoms with Crippen molar-refractivity contribution in [2.45, 2.75) is 26.4 Å². The lowest BCUT2D eigenvalue weighted by Crippen LogP contribution is -2.37. The highest BCUT2D eigenvalue weighted by atomic mass is 15.1. The number of hydrogen-bond acceptors (Lipinski definition) is 2. The first kappa shape index (κ1) is 11.2. The molecular weight excluding hydrogens is 172 g/mol. The van der Waals surface area contributed by atoms with Gasteiger partial charge in [-0.25, -0.2) is 0 Å². The van der Waals surface area contributed by atoms with Gasteiger partial charge in [0.05, 0.1) is 0 Å². The molecule has 0 aromatic heterocycles. The van der Waals surface area contributed by atoms with E-state index in [2.05, 4.69) is 43.0 Å². The monoisotopic (exact) mass is 192 g/mol. The van der Waals surface area contributed by atoms with Crippen LogP contribution in [0.3, 0.4) is 0 Å². The summed E-state index contributed by atoms with van der Waals surface area (Å²) in [7, 11) is 0. The van der Waals surface area contributed by atoms with Crippen molar-refractivity contribution in [2.75, 3.05) is 13.1 Å². The van der Waals surface area contributed by atoms with Gasteiger partial charge in [0.2, 0.25) is 0 Å². The minimum Gasteiger partial charge on any atom is -0.329 e. The number of nitrogens with two attached hydrogens (primary N) is 1. The molecule has 78 valence electrons. The molecule has 0 saturated heterocycles. The quantitative estimate of drug-likeness (QED) is 0.771. The van der Waals surface area contributed by atoms with Gasteiger partial charge in [0.15, 0.2) is 0 Å². The molecule has 2 nitrogen and oxygen atoms in total. The summed E-state index contributed by atoms with van der Waals surface area (Å²) in [5.74, 6) is 0. The first-order valence-corrected chi connectivity index (χ1v) is 5.26. The lowest BCUT2D eigenvalue weighted by molar-refractivity contribution is 0.215. The largest absolute Gasteiger partial charge is 0.329 e. The Bertz CT molecular complexity index is 246. The van der Waals surface area contributed by atoms with Crippen LogP contribution in [0.1, 0.15) is 19.4 Å². The van der Waals surface area contributed by atoms with Crippen molar-refractivity contribution in [3.63, 3.8) is 0 Å². The molecule has 0 fully saturated rings. The second kappa shape index (κ2) is 5.78. The highest BCUT2D eigenvalue weighted by Gasteiger charge is 2.09. The molecular formula is C12H20N2. The van der Waals surface area contributed by atoms with Crippen LogP contribution in [0.5, 0.6) is 0 Å². The molecule has 0 bridgehead atoms. The molecule has 1 atom stereocenters. The van der Waals surface area contributed by atoms with Crippen LogP contribution < -0.4 is 5.73 Å². The van der Waals surface area contributed by atoms with Gasteiger partial charge in [0, 0.05) is 19.1 Å². The normalized spacial score (nSPS) is 13.1. The second-order valence-electron chi connectivity index (χ2n) is 3.63. The van der Waals surface area contributed by atoms with E-state index in [1.807, 2.05) is 6.07 Å². The van der Waals surface area contributed by atoms with Gasteiger partial charge in [0.25, 0.3) is 0 Å². The second-order valence-corrected chi connectivity index (χ2v) is 3.63. The van der Waals surface area contributed by atoms with Gasteiger partial charge in [-0.1, -0.05) is 37.3 Å². The van der Waals surface area contributed by atoms with Gasteiger partial charge in [-0.15, -0.1) is 0 Å². The zero-order valence-electron chi connectivity index (χ0n) is 9.11. The van der Waals surface area contributed by atoms with Crippen LogP contribution in [-0.4, -0.2) is 24.0 Å². The topological polar surface area (TPSA) is 29.3 Å². The van der Waals surface area contributed by atoms with Crippen molar-refractivity contribution in [3.8, 4) is 0 Å². The zero-order chi connectivity index (χ0) is 10.4. The Morgan fingerprint density at radius 2 is 1.93 bits per heavy atom. The van der Waals surface area contributed by atoms with E-state index in [1.165, 1.54) is 5.56 Å². The van der Waals surface area contributed by atoms with Crippen LogP contribution in [0.25, 0.3) is 0 Å². The molecule has 1 rings (SSSR count). The summed E-state index contributed by atoms with van der Waals surface area (Å²) >= 11 is 0. The van der Waals surface area contributed by atoms with Crippen LogP contribution >= 0.6 is 0 Å². The fourth-order valence-corrected chi connectivity index (χ4v) is 1.55. The molecule has 1 unspecified atom stereocenters. The maximum atomic E-state index is 5.66. The Morgan fingerprint density at radius 1 is 1.29 bits per heavy atom. The summed E-state index contributed by atoms with van der Waals surface area (Å²) in [6.07, 6.45) is 0. The van der Waals surface area contributed by atoms with Crippen molar-refractivity contribution in [2.24, 2.45) is 5.73 Å². The molecule has 0 saturated carbocycles. The van der Waals surface area contributed by atoms with Gasteiger partial charge >= 0.3 is 0 Å². The summed E-state index contributed by atoms with van der Waals surface area (Å²) in [5.41, 5.74) is 7.02. The lowest BCUT2D eigenvalue weighted by atomic mass is 10.2. The maximum absolute atomic E-state index is 5.66. The van der Waals surface area contributed by atoms with Gasteiger partial charge in [-0.2, -0.15) is 0 Å². The molecule has 0 aliphatic carbocycles. The van der Waals surface area contributed by atoms with E-state index < -0.39 is 0 Å². The first-order chi connectivity index (χ1) is 6.77. The van der Waals surface area contributed by atoms with Crippen molar-refractivity contribution in [3.05, 3.63) is 35.9 Å².